The van der Waals surface area contributed by atoms with Crippen molar-refractivity contribution in [2.75, 3.05) is 5.75 Å². The van der Waals surface area contributed by atoms with Crippen molar-refractivity contribution in [3.05, 3.63) is 76.6 Å². The van der Waals surface area contributed by atoms with Crippen LogP contribution in [0.1, 0.15) is 39.8 Å². The molecule has 3 aromatic rings. The van der Waals surface area contributed by atoms with E-state index in [-0.39, 0.29) is 23.6 Å². The number of halogens is 2. The van der Waals surface area contributed by atoms with Crippen molar-refractivity contribution in [2.24, 2.45) is 0 Å². The van der Waals surface area contributed by atoms with Crippen LogP contribution in [0.2, 0.25) is 0 Å². The highest BCUT2D eigenvalue weighted by molar-refractivity contribution is 7.99. The molecule has 1 aromatic heterocycles. The van der Waals surface area contributed by atoms with E-state index in [4.69, 9.17) is 0 Å². The summed E-state index contributed by atoms with van der Waals surface area (Å²) in [7, 11) is 0. The van der Waals surface area contributed by atoms with Crippen molar-refractivity contribution in [2.45, 2.75) is 31.2 Å². The van der Waals surface area contributed by atoms with E-state index in [0.717, 1.165) is 22.6 Å². The molecule has 0 bridgehead atoms. The number of aryl methyl sites for hydroxylation is 1. The fraction of sp³-hybridized carbons (Fsp3) is 0.238. The smallest absolute Gasteiger partial charge is 0.255 e. The summed E-state index contributed by atoms with van der Waals surface area (Å²) in [4.78, 5) is 14.0. The molecular weight excluding hydrogens is 380 g/mol. The molecule has 144 valence electrons. The van der Waals surface area contributed by atoms with Crippen LogP contribution in [-0.4, -0.2) is 21.4 Å². The van der Waals surface area contributed by atoms with Gasteiger partial charge in [0.25, 0.3) is 5.91 Å². The fourth-order valence-corrected chi connectivity index (χ4v) is 4.66. The summed E-state index contributed by atoms with van der Waals surface area (Å²) in [6.07, 6.45) is 0.733. The van der Waals surface area contributed by atoms with Crippen LogP contribution < -0.4 is 5.32 Å². The number of rotatable bonds is 3. The van der Waals surface area contributed by atoms with Gasteiger partial charge in [0.1, 0.15) is 11.6 Å². The maximum Gasteiger partial charge on any atom is 0.255 e. The molecule has 4 rings (SSSR count). The van der Waals surface area contributed by atoms with Crippen LogP contribution in [0.3, 0.4) is 0 Å². The van der Waals surface area contributed by atoms with Gasteiger partial charge in [0, 0.05) is 10.6 Å². The molecule has 0 spiro atoms. The van der Waals surface area contributed by atoms with E-state index in [1.807, 2.05) is 6.92 Å². The van der Waals surface area contributed by atoms with Gasteiger partial charge in [0.05, 0.1) is 28.7 Å². The predicted octanol–water partition coefficient (Wildman–Crippen LogP) is 4.73. The van der Waals surface area contributed by atoms with Crippen LogP contribution in [0, 0.1) is 25.5 Å². The SMILES string of the molecule is Cc1nn(-c2ccc(F)cc2)c(C)c1C(=O)NC1CCSc2ccc(F)cc21. The number of hydrogen-bond acceptors (Lipinski definition) is 3. The highest BCUT2D eigenvalue weighted by Gasteiger charge is 2.26. The number of thioether (sulfide) groups is 1. The minimum atomic E-state index is -0.329. The van der Waals surface area contributed by atoms with Gasteiger partial charge >= 0.3 is 0 Å². The topological polar surface area (TPSA) is 46.9 Å². The summed E-state index contributed by atoms with van der Waals surface area (Å²) >= 11 is 1.67. The number of carbonyl (C=O) groups is 1. The summed E-state index contributed by atoms with van der Waals surface area (Å²) in [5.74, 6) is -0.0205. The largest absolute Gasteiger partial charge is 0.345 e. The van der Waals surface area contributed by atoms with Crippen LogP contribution in [0.4, 0.5) is 8.78 Å². The van der Waals surface area contributed by atoms with E-state index in [1.54, 1.807) is 41.6 Å². The third-order valence-electron chi connectivity index (χ3n) is 4.91. The van der Waals surface area contributed by atoms with Crippen molar-refractivity contribution in [3.63, 3.8) is 0 Å². The lowest BCUT2D eigenvalue weighted by molar-refractivity contribution is 0.0933. The lowest BCUT2D eigenvalue weighted by atomic mass is 10.0. The predicted molar refractivity (Wildman–Crippen MR) is 105 cm³/mol. The van der Waals surface area contributed by atoms with Crippen molar-refractivity contribution in [1.29, 1.82) is 0 Å². The van der Waals surface area contributed by atoms with E-state index in [0.29, 0.717) is 22.6 Å². The highest BCUT2D eigenvalue weighted by atomic mass is 32.2. The van der Waals surface area contributed by atoms with Crippen molar-refractivity contribution >= 4 is 17.7 Å². The van der Waals surface area contributed by atoms with Crippen molar-refractivity contribution in [1.82, 2.24) is 15.1 Å². The van der Waals surface area contributed by atoms with Gasteiger partial charge in [0.2, 0.25) is 0 Å². The van der Waals surface area contributed by atoms with Gasteiger partial charge in [0.15, 0.2) is 0 Å². The Kier molecular flexibility index (Phi) is 4.93. The van der Waals surface area contributed by atoms with Crippen LogP contribution >= 0.6 is 11.8 Å². The Labute approximate surface area is 166 Å². The standard InChI is InChI=1S/C21H19F2N3OS/c1-12-20(13(2)26(25-12)16-6-3-14(22)4-7-16)21(27)24-18-9-10-28-19-8-5-15(23)11-17(18)19/h3-8,11,18H,9-10H2,1-2H3,(H,24,27). The first kappa shape index (κ1) is 18.7. The Morgan fingerprint density at radius 1 is 1.14 bits per heavy atom. The Balaban J connectivity index is 1.63. The third-order valence-corrected chi connectivity index (χ3v) is 6.03. The number of nitrogens with zero attached hydrogens (tertiary/aromatic N) is 2. The van der Waals surface area contributed by atoms with Gasteiger partial charge in [-0.05, 0) is 68.3 Å². The molecule has 1 unspecified atom stereocenters. The van der Waals surface area contributed by atoms with Crippen LogP contribution in [0.5, 0.6) is 0 Å². The number of hydrogen-bond donors (Lipinski definition) is 1. The van der Waals surface area contributed by atoms with Gasteiger partial charge in [-0.2, -0.15) is 5.10 Å². The molecule has 0 saturated carbocycles. The van der Waals surface area contributed by atoms with Crippen LogP contribution in [0.15, 0.2) is 47.4 Å². The molecule has 1 N–H and O–H groups in total. The first-order chi connectivity index (χ1) is 13.4. The van der Waals surface area contributed by atoms with E-state index < -0.39 is 0 Å². The maximum atomic E-state index is 13.7. The molecule has 1 amide bonds. The van der Waals surface area contributed by atoms with Gasteiger partial charge in [-0.3, -0.25) is 4.79 Å². The molecule has 1 aliphatic heterocycles. The fourth-order valence-electron chi connectivity index (χ4n) is 3.55. The summed E-state index contributed by atoms with van der Waals surface area (Å²) in [5, 5.41) is 7.49. The minimum absolute atomic E-state index is 0.240. The number of aromatic nitrogens is 2. The van der Waals surface area contributed by atoms with Crippen LogP contribution in [0.25, 0.3) is 5.69 Å². The molecule has 7 heteroatoms. The van der Waals surface area contributed by atoms with Crippen molar-refractivity contribution in [3.8, 4) is 5.69 Å². The van der Waals surface area contributed by atoms with E-state index in [1.165, 1.54) is 24.3 Å². The van der Waals surface area contributed by atoms with Gasteiger partial charge in [-0.15, -0.1) is 11.8 Å². The average molecular weight is 399 g/mol. The Hall–Kier alpha value is -2.67. The molecule has 0 radical (unpaired) electrons. The highest BCUT2D eigenvalue weighted by Crippen LogP contribution is 2.36. The molecular formula is C21H19F2N3OS. The number of carbonyl (C=O) groups excluding carboxylic acids is 1. The number of amides is 1. The normalized spacial score (nSPS) is 15.9. The molecule has 1 atom stereocenters. The summed E-state index contributed by atoms with van der Waals surface area (Å²) in [6.45, 7) is 3.58. The molecule has 4 nitrogen and oxygen atoms in total. The Morgan fingerprint density at radius 3 is 2.61 bits per heavy atom. The number of benzene rings is 2. The number of nitrogens with one attached hydrogen (secondary N) is 1. The molecule has 0 aliphatic carbocycles. The zero-order valence-corrected chi connectivity index (χ0v) is 16.3. The van der Waals surface area contributed by atoms with Gasteiger partial charge < -0.3 is 5.32 Å². The quantitative estimate of drug-likeness (QED) is 0.692. The first-order valence-electron chi connectivity index (χ1n) is 8.99. The monoisotopic (exact) mass is 399 g/mol. The van der Waals surface area contributed by atoms with Crippen LogP contribution in [-0.2, 0) is 0 Å². The van der Waals surface area contributed by atoms with Gasteiger partial charge in [-0.1, -0.05) is 0 Å². The molecule has 0 fully saturated rings. The second-order valence-electron chi connectivity index (χ2n) is 6.78. The lowest BCUT2D eigenvalue weighted by Crippen LogP contribution is -2.31. The second-order valence-corrected chi connectivity index (χ2v) is 7.92. The summed E-state index contributed by atoms with van der Waals surface area (Å²) < 4.78 is 28.6. The lowest BCUT2D eigenvalue weighted by Gasteiger charge is -2.26. The van der Waals surface area contributed by atoms with E-state index >= 15 is 0 Å². The maximum absolute atomic E-state index is 13.7. The van der Waals surface area contributed by atoms with Gasteiger partial charge in [-0.25, -0.2) is 13.5 Å². The zero-order chi connectivity index (χ0) is 19.8. The Morgan fingerprint density at radius 2 is 1.86 bits per heavy atom. The van der Waals surface area contributed by atoms with E-state index in [2.05, 4.69) is 10.4 Å². The molecule has 28 heavy (non-hydrogen) atoms. The molecule has 2 heterocycles. The molecule has 0 saturated heterocycles. The first-order valence-corrected chi connectivity index (χ1v) is 9.98. The van der Waals surface area contributed by atoms with Crippen molar-refractivity contribution < 1.29 is 13.6 Å². The molecule has 1 aliphatic rings. The summed E-state index contributed by atoms with van der Waals surface area (Å²) in [5.41, 5.74) is 3.24. The summed E-state index contributed by atoms with van der Waals surface area (Å²) in [6, 6.07) is 10.4. The minimum Gasteiger partial charge on any atom is -0.345 e. The zero-order valence-electron chi connectivity index (χ0n) is 15.5. The molecule has 2 aromatic carbocycles. The number of fused-ring (bicyclic) bond motifs is 1. The average Bonchev–Trinajstić information content (AvgIpc) is 2.97. The van der Waals surface area contributed by atoms with E-state index in [9.17, 15) is 13.6 Å². The Bertz CT molecular complexity index is 1050. The third kappa shape index (κ3) is 3.42. The second kappa shape index (κ2) is 7.39.